The number of hydrogen-bond acceptors (Lipinski definition) is 4. The lowest BCUT2D eigenvalue weighted by atomic mass is 9.81. The summed E-state index contributed by atoms with van der Waals surface area (Å²) in [6.07, 6.45) is 3.54. The molecule has 8 heteroatoms. The minimum atomic E-state index is -3.61. The Balaban J connectivity index is 1.75. The van der Waals surface area contributed by atoms with E-state index >= 15 is 0 Å². The number of sulfonamides is 1. The first-order valence-corrected chi connectivity index (χ1v) is 12.6. The summed E-state index contributed by atoms with van der Waals surface area (Å²) >= 11 is 0. The molecule has 1 aromatic carbocycles. The van der Waals surface area contributed by atoms with E-state index in [9.17, 15) is 18.0 Å². The van der Waals surface area contributed by atoms with E-state index in [4.69, 9.17) is 0 Å². The van der Waals surface area contributed by atoms with E-state index in [1.807, 2.05) is 51.1 Å². The Hall–Kier alpha value is -2.19. The zero-order valence-electron chi connectivity index (χ0n) is 18.6. The fraction of sp³-hybridized carbons (Fsp3) is 0.565. The highest BCUT2D eigenvalue weighted by Crippen LogP contribution is 2.35. The van der Waals surface area contributed by atoms with Crippen LogP contribution < -0.4 is 5.32 Å². The second-order valence-electron chi connectivity index (χ2n) is 8.83. The molecule has 1 spiro atoms. The predicted octanol–water partition coefficient (Wildman–Crippen LogP) is 2.60. The maximum absolute atomic E-state index is 13.2. The highest BCUT2D eigenvalue weighted by Gasteiger charge is 2.54. The van der Waals surface area contributed by atoms with Crippen LogP contribution in [0.1, 0.15) is 52.0 Å². The predicted molar refractivity (Wildman–Crippen MR) is 121 cm³/mol. The summed E-state index contributed by atoms with van der Waals surface area (Å²) in [5.74, 6) is 0.0914. The molecule has 1 unspecified atom stereocenters. The normalized spacial score (nSPS) is 22.5. The monoisotopic (exact) mass is 447 g/mol. The van der Waals surface area contributed by atoms with Gasteiger partial charge >= 0.3 is 0 Å². The summed E-state index contributed by atoms with van der Waals surface area (Å²) in [7, 11) is -3.61. The van der Waals surface area contributed by atoms with Crippen LogP contribution in [0.4, 0.5) is 0 Å². The van der Waals surface area contributed by atoms with Crippen molar-refractivity contribution in [3.05, 3.63) is 41.3 Å². The van der Waals surface area contributed by atoms with Crippen molar-refractivity contribution in [1.82, 2.24) is 14.5 Å². The molecular formula is C23H33N3O4S. The van der Waals surface area contributed by atoms with Crippen LogP contribution in [-0.4, -0.2) is 60.7 Å². The Labute approximate surface area is 185 Å². The van der Waals surface area contributed by atoms with Gasteiger partial charge in [0.25, 0.3) is 0 Å². The van der Waals surface area contributed by atoms with Gasteiger partial charge in [-0.1, -0.05) is 51.1 Å². The van der Waals surface area contributed by atoms with Crippen LogP contribution in [0.3, 0.4) is 0 Å². The lowest BCUT2D eigenvalue weighted by Gasteiger charge is -2.51. The highest BCUT2D eigenvalue weighted by atomic mass is 32.2. The van der Waals surface area contributed by atoms with E-state index in [0.29, 0.717) is 25.8 Å². The first-order chi connectivity index (χ1) is 14.7. The van der Waals surface area contributed by atoms with Gasteiger partial charge in [-0.15, -0.1) is 0 Å². The SMILES string of the molecule is CCCN1C(=O)C(CC(C)C)NC(=O)C12CCN(S(=O)(=O)/C=C/c1ccccc1)CC2. The molecular weight excluding hydrogens is 414 g/mol. The van der Waals surface area contributed by atoms with Gasteiger partial charge in [0.2, 0.25) is 21.8 Å². The molecule has 0 aliphatic carbocycles. The maximum atomic E-state index is 13.2. The fourth-order valence-corrected chi connectivity index (χ4v) is 5.67. The van der Waals surface area contributed by atoms with E-state index < -0.39 is 21.6 Å². The number of nitrogens with one attached hydrogen (secondary N) is 1. The van der Waals surface area contributed by atoms with Crippen molar-refractivity contribution >= 4 is 27.9 Å². The lowest BCUT2D eigenvalue weighted by molar-refractivity contribution is -0.160. The number of rotatable bonds is 7. The Morgan fingerprint density at radius 3 is 2.39 bits per heavy atom. The van der Waals surface area contributed by atoms with Crippen molar-refractivity contribution < 1.29 is 18.0 Å². The number of nitrogens with zero attached hydrogens (tertiary/aromatic N) is 2. The number of hydrogen-bond donors (Lipinski definition) is 1. The molecule has 0 bridgehead atoms. The first-order valence-electron chi connectivity index (χ1n) is 11.1. The Morgan fingerprint density at radius 1 is 1.16 bits per heavy atom. The molecule has 2 amide bonds. The zero-order chi connectivity index (χ0) is 22.6. The summed E-state index contributed by atoms with van der Waals surface area (Å²) in [6, 6.07) is 8.76. The van der Waals surface area contributed by atoms with Crippen molar-refractivity contribution in [1.29, 1.82) is 0 Å². The Kier molecular flexibility index (Phi) is 7.21. The summed E-state index contributed by atoms with van der Waals surface area (Å²) < 4.78 is 27.0. The molecule has 2 aliphatic heterocycles. The van der Waals surface area contributed by atoms with Crippen LogP contribution >= 0.6 is 0 Å². The fourth-order valence-electron chi connectivity index (χ4n) is 4.48. The average molecular weight is 448 g/mol. The summed E-state index contributed by atoms with van der Waals surface area (Å²) in [5, 5.41) is 4.15. The van der Waals surface area contributed by atoms with Crippen LogP contribution in [0.15, 0.2) is 35.7 Å². The topological polar surface area (TPSA) is 86.8 Å². The number of amides is 2. The van der Waals surface area contributed by atoms with E-state index in [0.717, 1.165) is 12.0 Å². The van der Waals surface area contributed by atoms with Gasteiger partial charge in [-0.3, -0.25) is 9.59 Å². The highest BCUT2D eigenvalue weighted by molar-refractivity contribution is 7.92. The molecule has 1 aromatic rings. The quantitative estimate of drug-likeness (QED) is 0.696. The Morgan fingerprint density at radius 2 is 1.81 bits per heavy atom. The number of carbonyl (C=O) groups excluding carboxylic acids is 2. The van der Waals surface area contributed by atoms with Gasteiger partial charge in [0.05, 0.1) is 0 Å². The zero-order valence-corrected chi connectivity index (χ0v) is 19.4. The van der Waals surface area contributed by atoms with Gasteiger partial charge in [0.1, 0.15) is 11.6 Å². The van der Waals surface area contributed by atoms with Gasteiger partial charge in [-0.05, 0) is 43.2 Å². The molecule has 1 atom stereocenters. The molecule has 2 saturated heterocycles. The third-order valence-corrected chi connectivity index (χ3v) is 7.67. The molecule has 31 heavy (non-hydrogen) atoms. The molecule has 0 saturated carbocycles. The summed E-state index contributed by atoms with van der Waals surface area (Å²) in [4.78, 5) is 28.1. The molecule has 0 radical (unpaired) electrons. The average Bonchev–Trinajstić information content (AvgIpc) is 2.74. The van der Waals surface area contributed by atoms with Crippen molar-refractivity contribution in [2.45, 2.75) is 58.0 Å². The number of carbonyl (C=O) groups is 2. The van der Waals surface area contributed by atoms with Crippen molar-refractivity contribution in [3.63, 3.8) is 0 Å². The van der Waals surface area contributed by atoms with Crippen LogP contribution in [0.5, 0.6) is 0 Å². The Bertz CT molecular complexity index is 919. The molecule has 7 nitrogen and oxygen atoms in total. The third-order valence-electron chi connectivity index (χ3n) is 6.10. The van der Waals surface area contributed by atoms with Crippen LogP contribution in [0.25, 0.3) is 6.08 Å². The maximum Gasteiger partial charge on any atom is 0.246 e. The van der Waals surface area contributed by atoms with E-state index in [1.54, 1.807) is 11.0 Å². The van der Waals surface area contributed by atoms with E-state index in [2.05, 4.69) is 5.32 Å². The molecule has 3 rings (SSSR count). The van der Waals surface area contributed by atoms with Gasteiger partial charge in [-0.2, -0.15) is 4.31 Å². The molecule has 2 heterocycles. The van der Waals surface area contributed by atoms with Crippen molar-refractivity contribution in [2.24, 2.45) is 5.92 Å². The van der Waals surface area contributed by atoms with Crippen LogP contribution in [0, 0.1) is 5.92 Å². The second kappa shape index (κ2) is 9.53. The number of piperazine rings is 1. The standard InChI is InChI=1S/C23H33N3O4S/c1-4-13-26-21(27)20(17-18(2)3)24-22(28)23(26)11-14-25(15-12-23)31(29,30)16-10-19-8-6-5-7-9-19/h5-10,16,18,20H,4,11-15,17H2,1-3H3,(H,24,28)/b16-10+. The number of benzene rings is 1. The molecule has 1 N–H and O–H groups in total. The van der Waals surface area contributed by atoms with E-state index in [-0.39, 0.29) is 30.8 Å². The van der Waals surface area contributed by atoms with Gasteiger partial charge in [-0.25, -0.2) is 8.42 Å². The largest absolute Gasteiger partial charge is 0.342 e. The van der Waals surface area contributed by atoms with Crippen LogP contribution in [-0.2, 0) is 19.6 Å². The third kappa shape index (κ3) is 5.01. The second-order valence-corrected chi connectivity index (χ2v) is 10.7. The van der Waals surface area contributed by atoms with Crippen molar-refractivity contribution in [2.75, 3.05) is 19.6 Å². The van der Waals surface area contributed by atoms with Gasteiger partial charge in [0.15, 0.2) is 0 Å². The van der Waals surface area contributed by atoms with E-state index in [1.165, 1.54) is 9.71 Å². The first kappa shape index (κ1) is 23.5. The summed E-state index contributed by atoms with van der Waals surface area (Å²) in [6.45, 7) is 6.95. The van der Waals surface area contributed by atoms with Gasteiger partial charge < -0.3 is 10.2 Å². The molecule has 170 valence electrons. The molecule has 0 aromatic heterocycles. The van der Waals surface area contributed by atoms with Crippen LogP contribution in [0.2, 0.25) is 0 Å². The lowest BCUT2D eigenvalue weighted by Crippen LogP contribution is -2.73. The molecule has 2 aliphatic rings. The van der Waals surface area contributed by atoms with Gasteiger partial charge in [0, 0.05) is 25.0 Å². The smallest absolute Gasteiger partial charge is 0.246 e. The van der Waals surface area contributed by atoms with Crippen molar-refractivity contribution in [3.8, 4) is 0 Å². The molecule has 2 fully saturated rings. The minimum absolute atomic E-state index is 0.0459. The summed E-state index contributed by atoms with van der Waals surface area (Å²) in [5.41, 5.74) is -0.155. The number of piperidine rings is 1. The minimum Gasteiger partial charge on any atom is -0.342 e.